The van der Waals surface area contributed by atoms with E-state index in [9.17, 15) is 9.59 Å². The summed E-state index contributed by atoms with van der Waals surface area (Å²) in [4.78, 5) is 30.8. The Kier molecular flexibility index (Phi) is 6.60. The van der Waals surface area contributed by atoms with E-state index in [4.69, 9.17) is 11.6 Å². The molecule has 0 N–H and O–H groups in total. The Morgan fingerprint density at radius 3 is 2.44 bits per heavy atom. The van der Waals surface area contributed by atoms with Gasteiger partial charge in [-0.1, -0.05) is 48.0 Å². The summed E-state index contributed by atoms with van der Waals surface area (Å²) in [5, 5.41) is 0.736. The molecule has 3 aromatic rings. The zero-order valence-corrected chi connectivity index (χ0v) is 21.7. The second-order valence-corrected chi connectivity index (χ2v) is 13.0. The highest BCUT2D eigenvalue weighted by Gasteiger charge is 2.35. The van der Waals surface area contributed by atoms with Gasteiger partial charge in [0, 0.05) is 54.5 Å². The molecule has 1 saturated heterocycles. The van der Waals surface area contributed by atoms with Crippen molar-refractivity contribution < 1.29 is 9.59 Å². The molecular weight excluding hydrogens is 484 g/mol. The molecule has 2 aliphatic heterocycles. The van der Waals surface area contributed by atoms with E-state index in [0.29, 0.717) is 24.4 Å². The smallest absolute Gasteiger partial charge is 0.264 e. The first-order valence-corrected chi connectivity index (χ1v) is 13.5. The molecule has 0 aliphatic carbocycles. The van der Waals surface area contributed by atoms with Crippen LogP contribution in [0.2, 0.25) is 5.02 Å². The van der Waals surface area contributed by atoms with Gasteiger partial charge in [-0.25, -0.2) is 0 Å². The maximum absolute atomic E-state index is 13.2. The molecule has 1 amide bonds. The van der Waals surface area contributed by atoms with Crippen LogP contribution < -0.4 is 0 Å². The highest BCUT2D eigenvalue weighted by molar-refractivity contribution is 8.02. The van der Waals surface area contributed by atoms with Gasteiger partial charge in [-0.05, 0) is 48.7 Å². The summed E-state index contributed by atoms with van der Waals surface area (Å²) in [6.07, 6.45) is 0.519. The van der Waals surface area contributed by atoms with Gasteiger partial charge >= 0.3 is 0 Å². The molecular formula is C27H27ClN2O2S2. The Morgan fingerprint density at radius 2 is 1.71 bits per heavy atom. The third-order valence-corrected chi connectivity index (χ3v) is 9.16. The van der Waals surface area contributed by atoms with E-state index in [0.717, 1.165) is 40.0 Å². The van der Waals surface area contributed by atoms with Crippen LogP contribution in [-0.2, 0) is 6.54 Å². The van der Waals surface area contributed by atoms with Crippen molar-refractivity contribution in [1.29, 1.82) is 0 Å². The number of nitrogens with zero attached hydrogens (tertiary/aromatic N) is 2. The van der Waals surface area contributed by atoms with Gasteiger partial charge in [-0.2, -0.15) is 0 Å². The average Bonchev–Trinajstić information content (AvgIpc) is 3.23. The molecule has 0 atom stereocenters. The molecule has 0 spiro atoms. The van der Waals surface area contributed by atoms with Crippen molar-refractivity contribution in [3.05, 3.63) is 75.6 Å². The molecule has 0 unspecified atom stereocenters. The number of rotatable bonds is 4. The number of thioether (sulfide) groups is 1. The largest absolute Gasteiger partial charge is 0.335 e. The fourth-order valence-corrected chi connectivity index (χ4v) is 7.70. The molecule has 0 radical (unpaired) electrons. The minimum atomic E-state index is -0.108. The van der Waals surface area contributed by atoms with Gasteiger partial charge in [-0.15, -0.1) is 23.1 Å². The fraction of sp³-hybridized carbons (Fsp3) is 0.333. The molecule has 0 bridgehead atoms. The van der Waals surface area contributed by atoms with E-state index < -0.39 is 0 Å². The van der Waals surface area contributed by atoms with Crippen LogP contribution in [0.15, 0.2) is 58.8 Å². The number of amides is 1. The minimum absolute atomic E-state index is 0.0480. The third-order valence-electron chi connectivity index (χ3n) is 6.39. The van der Waals surface area contributed by atoms with E-state index in [1.807, 2.05) is 23.1 Å². The summed E-state index contributed by atoms with van der Waals surface area (Å²) in [7, 11) is 0. The van der Waals surface area contributed by atoms with E-state index in [-0.39, 0.29) is 16.4 Å². The van der Waals surface area contributed by atoms with Gasteiger partial charge in [0.2, 0.25) is 0 Å². The summed E-state index contributed by atoms with van der Waals surface area (Å²) in [5.41, 5.74) is 4.38. The Hall–Kier alpha value is -2.12. The van der Waals surface area contributed by atoms with Gasteiger partial charge < -0.3 is 4.90 Å². The van der Waals surface area contributed by atoms with Crippen LogP contribution >= 0.6 is 34.7 Å². The predicted molar refractivity (Wildman–Crippen MR) is 141 cm³/mol. The number of carbonyl (C=O) groups is 2. The third kappa shape index (κ3) is 4.96. The first-order valence-electron chi connectivity index (χ1n) is 11.5. The number of thiophene rings is 1. The van der Waals surface area contributed by atoms with Crippen molar-refractivity contribution in [3.8, 4) is 11.1 Å². The standard InChI is InChI=1S/C27H27ClN2O2S2/c1-27(2)16-23(31)22-15-24(33-26(22)34-27)25(32)30-13-11-29(12-14-30)17-19-5-3-4-6-21(19)18-7-9-20(28)10-8-18/h3-10,15H,11-14,16-17H2,1-2H3. The van der Waals surface area contributed by atoms with Crippen LogP contribution in [0.4, 0.5) is 0 Å². The minimum Gasteiger partial charge on any atom is -0.335 e. The van der Waals surface area contributed by atoms with Crippen molar-refractivity contribution in [2.75, 3.05) is 26.2 Å². The zero-order valence-electron chi connectivity index (χ0n) is 19.3. The number of carbonyl (C=O) groups excluding carboxylic acids is 2. The molecule has 3 heterocycles. The number of benzene rings is 2. The summed E-state index contributed by atoms with van der Waals surface area (Å²) < 4.78 is 0.880. The Balaban J connectivity index is 1.24. The molecule has 4 nitrogen and oxygen atoms in total. The maximum atomic E-state index is 13.2. The number of halogens is 1. The van der Waals surface area contributed by atoms with Gasteiger partial charge in [0.25, 0.3) is 5.91 Å². The number of fused-ring (bicyclic) bond motifs is 1. The van der Waals surface area contributed by atoms with Crippen LogP contribution in [-0.4, -0.2) is 52.4 Å². The van der Waals surface area contributed by atoms with Crippen LogP contribution in [0.5, 0.6) is 0 Å². The van der Waals surface area contributed by atoms with Crippen LogP contribution in [0.3, 0.4) is 0 Å². The maximum Gasteiger partial charge on any atom is 0.264 e. The summed E-state index contributed by atoms with van der Waals surface area (Å²) in [6.45, 7) is 8.05. The fourth-order valence-electron chi connectivity index (χ4n) is 4.59. The van der Waals surface area contributed by atoms with Crippen molar-refractivity contribution in [2.24, 2.45) is 0 Å². The number of piperazine rings is 1. The van der Waals surface area contributed by atoms with Crippen LogP contribution in [0, 0.1) is 0 Å². The molecule has 2 aromatic carbocycles. The number of ketones is 1. The summed E-state index contributed by atoms with van der Waals surface area (Å²) >= 11 is 9.26. The van der Waals surface area contributed by atoms with E-state index >= 15 is 0 Å². The van der Waals surface area contributed by atoms with Crippen molar-refractivity contribution in [1.82, 2.24) is 9.80 Å². The van der Waals surface area contributed by atoms with Gasteiger partial charge in [0.05, 0.1) is 9.09 Å². The van der Waals surface area contributed by atoms with Crippen molar-refractivity contribution in [2.45, 2.75) is 35.8 Å². The second kappa shape index (κ2) is 9.50. The Bertz CT molecular complexity index is 1230. The molecule has 7 heteroatoms. The first-order chi connectivity index (χ1) is 16.3. The van der Waals surface area contributed by atoms with E-state index in [1.54, 1.807) is 11.8 Å². The molecule has 34 heavy (non-hydrogen) atoms. The first kappa shape index (κ1) is 23.6. The van der Waals surface area contributed by atoms with E-state index in [2.05, 4.69) is 55.1 Å². The highest BCUT2D eigenvalue weighted by Crippen LogP contribution is 2.46. The number of hydrogen-bond acceptors (Lipinski definition) is 5. The predicted octanol–water partition coefficient (Wildman–Crippen LogP) is 6.48. The van der Waals surface area contributed by atoms with Crippen LogP contribution in [0.1, 0.15) is 45.9 Å². The molecule has 176 valence electrons. The number of Topliss-reactive ketones (excluding diaryl/α,β-unsaturated/α-hetero) is 1. The lowest BCUT2D eigenvalue weighted by Gasteiger charge is -2.35. The quantitative estimate of drug-likeness (QED) is 0.402. The molecule has 1 fully saturated rings. The average molecular weight is 511 g/mol. The zero-order chi connectivity index (χ0) is 23.9. The lowest BCUT2D eigenvalue weighted by atomic mass is 9.99. The normalized spacial score (nSPS) is 18.1. The lowest BCUT2D eigenvalue weighted by molar-refractivity contribution is 0.0633. The summed E-state index contributed by atoms with van der Waals surface area (Å²) in [6, 6.07) is 18.3. The molecule has 5 rings (SSSR count). The Morgan fingerprint density at radius 1 is 1.00 bits per heavy atom. The molecule has 0 saturated carbocycles. The lowest BCUT2D eigenvalue weighted by Crippen LogP contribution is -2.48. The topological polar surface area (TPSA) is 40.6 Å². The van der Waals surface area contributed by atoms with Gasteiger partial charge in [-0.3, -0.25) is 14.5 Å². The molecule has 2 aliphatic rings. The van der Waals surface area contributed by atoms with Crippen molar-refractivity contribution >= 4 is 46.4 Å². The van der Waals surface area contributed by atoms with Gasteiger partial charge in [0.1, 0.15) is 0 Å². The highest BCUT2D eigenvalue weighted by atomic mass is 35.5. The second-order valence-electron chi connectivity index (χ2n) is 9.51. The SMILES string of the molecule is CC1(C)CC(=O)c2cc(C(=O)N3CCN(Cc4ccccc4-c4ccc(Cl)cc4)CC3)sc2S1. The molecule has 1 aromatic heterocycles. The van der Waals surface area contributed by atoms with E-state index in [1.165, 1.54) is 22.5 Å². The monoisotopic (exact) mass is 510 g/mol. The van der Waals surface area contributed by atoms with Gasteiger partial charge in [0.15, 0.2) is 5.78 Å². The van der Waals surface area contributed by atoms with Crippen LogP contribution in [0.25, 0.3) is 11.1 Å². The Labute approximate surface area is 213 Å². The summed E-state index contributed by atoms with van der Waals surface area (Å²) in [5.74, 6) is 0.199. The number of hydrogen-bond donors (Lipinski definition) is 0. The van der Waals surface area contributed by atoms with Crippen molar-refractivity contribution in [3.63, 3.8) is 0 Å².